The second-order valence-corrected chi connectivity index (χ2v) is 9.36. The summed E-state index contributed by atoms with van der Waals surface area (Å²) in [7, 11) is 0. The number of hydrogen-bond donors (Lipinski definition) is 1. The molecule has 1 saturated heterocycles. The molecule has 2 aromatic rings. The van der Waals surface area contributed by atoms with Crippen molar-refractivity contribution < 1.29 is 14.2 Å². The van der Waals surface area contributed by atoms with Crippen LogP contribution >= 0.6 is 11.3 Å². The van der Waals surface area contributed by atoms with E-state index in [-0.39, 0.29) is 18.6 Å². The number of aliphatic imine (C=N–C) groups is 1. The fourth-order valence-corrected chi connectivity index (χ4v) is 5.41. The van der Waals surface area contributed by atoms with Gasteiger partial charge in [-0.15, -0.1) is 11.3 Å². The Labute approximate surface area is 184 Å². The van der Waals surface area contributed by atoms with Gasteiger partial charge in [-0.2, -0.15) is 10.1 Å². The minimum atomic E-state index is -0.000878. The lowest BCUT2D eigenvalue weighted by atomic mass is 9.97. The van der Waals surface area contributed by atoms with Crippen molar-refractivity contribution in [3.63, 3.8) is 0 Å². The van der Waals surface area contributed by atoms with Gasteiger partial charge in [-0.1, -0.05) is 34.8 Å². The minimum Gasteiger partial charge on any atom is -0.334 e. The lowest BCUT2D eigenvalue weighted by Crippen LogP contribution is -3.11. The van der Waals surface area contributed by atoms with Crippen molar-refractivity contribution in [1.82, 2.24) is 15.0 Å². The quantitative estimate of drug-likeness (QED) is 0.746. The van der Waals surface area contributed by atoms with Crippen LogP contribution < -0.4 is 4.90 Å². The third kappa shape index (κ3) is 4.05. The van der Waals surface area contributed by atoms with Gasteiger partial charge in [0.25, 0.3) is 5.91 Å². The van der Waals surface area contributed by atoms with E-state index < -0.39 is 0 Å². The topological polar surface area (TPSA) is 53.2 Å². The van der Waals surface area contributed by atoms with E-state index in [4.69, 9.17) is 0 Å². The van der Waals surface area contributed by atoms with E-state index in [1.807, 2.05) is 48.4 Å². The summed E-state index contributed by atoms with van der Waals surface area (Å²) >= 11 is 1.56. The molecule has 0 radical (unpaired) electrons. The van der Waals surface area contributed by atoms with Crippen LogP contribution in [0.25, 0.3) is 10.4 Å². The zero-order valence-corrected chi connectivity index (χ0v) is 18.2. The Morgan fingerprint density at radius 1 is 1.29 bits per heavy atom. The zero-order chi connectivity index (χ0) is 21.4. The first kappa shape index (κ1) is 20.1. The highest BCUT2D eigenvalue weighted by atomic mass is 32.1. The predicted molar refractivity (Wildman–Crippen MR) is 119 cm³/mol. The standard InChI is InChI=1S/C23H24FN5OS/c1-16-25-21(22(31-16)17-7-3-2-4-8-17)23(30)29-11-6-5-9-19(29)13-18-14-27-15-28(24)12-10-20(27)26-18/h2-4,7-8,10,12,14,19H,5-6,9,11,13,15H2,1H3/p+1/t19-/m0/s1. The Balaban J connectivity index is 1.39. The number of amidine groups is 1. The second-order valence-electron chi connectivity index (χ2n) is 8.16. The monoisotopic (exact) mass is 438 g/mol. The zero-order valence-electron chi connectivity index (χ0n) is 17.4. The molecule has 8 heteroatoms. The van der Waals surface area contributed by atoms with Crippen molar-refractivity contribution in [2.24, 2.45) is 4.99 Å². The minimum absolute atomic E-state index is 0.000878. The molecule has 160 valence electrons. The Morgan fingerprint density at radius 2 is 2.13 bits per heavy atom. The molecule has 1 N–H and O–H groups in total. The molecule has 4 heterocycles. The summed E-state index contributed by atoms with van der Waals surface area (Å²) in [5.41, 5.74) is 2.50. The molecule has 1 unspecified atom stereocenters. The number of thiazole rings is 1. The molecule has 2 atom stereocenters. The number of halogens is 1. The largest absolute Gasteiger partial charge is 0.334 e. The Morgan fingerprint density at radius 3 is 2.97 bits per heavy atom. The fourth-order valence-electron chi connectivity index (χ4n) is 4.49. The molecule has 0 aliphatic carbocycles. The van der Waals surface area contributed by atoms with Crippen LogP contribution in [-0.4, -0.2) is 46.0 Å². The molecule has 0 bridgehead atoms. The number of hydrogen-bond acceptors (Lipinski definition) is 5. The van der Waals surface area contributed by atoms with Crippen molar-refractivity contribution in [2.45, 2.75) is 38.6 Å². The van der Waals surface area contributed by atoms with Crippen LogP contribution in [0.1, 0.15) is 41.2 Å². The first-order valence-electron chi connectivity index (χ1n) is 10.7. The smallest absolute Gasteiger partial charge is 0.274 e. The van der Waals surface area contributed by atoms with Gasteiger partial charge >= 0.3 is 0 Å². The van der Waals surface area contributed by atoms with Crippen molar-refractivity contribution in [1.29, 1.82) is 0 Å². The normalized spacial score (nSPS) is 22.9. The van der Waals surface area contributed by atoms with E-state index in [0.717, 1.165) is 57.7 Å². The summed E-state index contributed by atoms with van der Waals surface area (Å²) in [4.78, 5) is 26.7. The first-order chi connectivity index (χ1) is 15.1. The van der Waals surface area contributed by atoms with E-state index in [9.17, 15) is 9.28 Å². The van der Waals surface area contributed by atoms with E-state index >= 15 is 0 Å². The lowest BCUT2D eigenvalue weighted by molar-refractivity contribution is -0.763. The molecular formula is C23H25FN5OS+. The van der Waals surface area contributed by atoms with Crippen LogP contribution in [0.5, 0.6) is 0 Å². The van der Waals surface area contributed by atoms with E-state index in [1.54, 1.807) is 17.4 Å². The number of piperidine rings is 1. The van der Waals surface area contributed by atoms with Crippen LogP contribution in [0.3, 0.4) is 0 Å². The summed E-state index contributed by atoms with van der Waals surface area (Å²) in [6.07, 6.45) is 8.80. The van der Waals surface area contributed by atoms with Gasteiger partial charge in [-0.25, -0.2) is 9.88 Å². The van der Waals surface area contributed by atoms with E-state index in [2.05, 4.69) is 9.98 Å². The summed E-state index contributed by atoms with van der Waals surface area (Å²) in [5, 5.41) is 1.56. The highest BCUT2D eigenvalue weighted by Gasteiger charge is 2.34. The number of fused-ring (bicyclic) bond motifs is 1. The maximum atomic E-state index is 13.6. The molecule has 1 fully saturated rings. The number of carbonyl (C=O) groups is 1. The molecule has 3 aliphatic rings. The summed E-state index contributed by atoms with van der Waals surface area (Å²) in [5.74, 6) is 0.832. The molecule has 3 aliphatic heterocycles. The molecule has 6 nitrogen and oxygen atoms in total. The third-order valence-electron chi connectivity index (χ3n) is 5.95. The van der Waals surface area contributed by atoms with Gasteiger partial charge in [0.15, 0.2) is 6.67 Å². The van der Waals surface area contributed by atoms with Crippen LogP contribution in [0.15, 0.2) is 59.5 Å². The summed E-state index contributed by atoms with van der Waals surface area (Å²) < 4.78 is 13.5. The van der Waals surface area contributed by atoms with Crippen LogP contribution in [0, 0.1) is 6.92 Å². The van der Waals surface area contributed by atoms with Gasteiger partial charge in [-0.3, -0.25) is 4.79 Å². The van der Waals surface area contributed by atoms with Gasteiger partial charge in [-0.05, 0) is 31.7 Å². The maximum absolute atomic E-state index is 13.6. The molecule has 1 amide bonds. The lowest BCUT2D eigenvalue weighted by Gasteiger charge is -2.35. The van der Waals surface area contributed by atoms with Crippen molar-refractivity contribution >= 4 is 23.1 Å². The Bertz CT molecular complexity index is 1080. The third-order valence-corrected chi connectivity index (χ3v) is 6.97. The molecule has 31 heavy (non-hydrogen) atoms. The van der Waals surface area contributed by atoms with Gasteiger partial charge in [0, 0.05) is 31.3 Å². The van der Waals surface area contributed by atoms with E-state index in [1.165, 1.54) is 6.20 Å². The van der Waals surface area contributed by atoms with Gasteiger partial charge in [0.05, 0.1) is 9.88 Å². The number of carbonyl (C=O) groups excluding carboxylic acids is 1. The first-order valence-corrected chi connectivity index (χ1v) is 11.5. The average molecular weight is 439 g/mol. The molecule has 1 aromatic carbocycles. The number of quaternary nitrogens is 1. The average Bonchev–Trinajstić information content (AvgIpc) is 3.36. The summed E-state index contributed by atoms with van der Waals surface area (Å²) in [6, 6.07) is 10.1. The molecule has 5 rings (SSSR count). The number of benzene rings is 1. The van der Waals surface area contributed by atoms with E-state index in [0.29, 0.717) is 17.2 Å². The number of nitrogens with one attached hydrogen (secondary N) is 1. The number of rotatable bonds is 4. The Kier molecular flexibility index (Phi) is 5.41. The number of aromatic nitrogens is 1. The maximum Gasteiger partial charge on any atom is 0.274 e. The number of nitrogens with zero attached hydrogens (tertiary/aromatic N) is 4. The van der Waals surface area contributed by atoms with Crippen molar-refractivity contribution in [3.8, 4) is 10.4 Å². The van der Waals surface area contributed by atoms with Gasteiger partial charge in [0.1, 0.15) is 17.6 Å². The van der Waals surface area contributed by atoms with Crippen LogP contribution in [0.2, 0.25) is 0 Å². The van der Waals surface area contributed by atoms with Crippen molar-refractivity contribution in [2.75, 3.05) is 13.2 Å². The fraction of sp³-hybridized carbons (Fsp3) is 0.348. The summed E-state index contributed by atoms with van der Waals surface area (Å²) in [6.45, 7) is 2.90. The molecule has 0 saturated carbocycles. The Hall–Kier alpha value is -2.84. The highest BCUT2D eigenvalue weighted by Crippen LogP contribution is 2.33. The highest BCUT2D eigenvalue weighted by molar-refractivity contribution is 7.15. The predicted octanol–water partition coefficient (Wildman–Crippen LogP) is 3.31. The van der Waals surface area contributed by atoms with Crippen molar-refractivity contribution in [3.05, 3.63) is 65.2 Å². The van der Waals surface area contributed by atoms with Crippen LogP contribution in [-0.2, 0) is 0 Å². The SMILES string of the molecule is Cc1nc(C(=O)N2CCCC[C@H]2CC2=C[NH+]3CN(F)C=CC3=N2)c(-c2ccccc2)s1. The number of likely N-dealkylation sites (tertiary alicyclic amines) is 1. The second kappa shape index (κ2) is 8.36. The van der Waals surface area contributed by atoms with Gasteiger partial charge < -0.3 is 4.90 Å². The number of aryl methyl sites for hydroxylation is 1. The van der Waals surface area contributed by atoms with Gasteiger partial charge in [0.2, 0.25) is 5.84 Å². The molecule has 0 spiro atoms. The number of amides is 1. The molecular weight excluding hydrogens is 413 g/mol. The molecule has 1 aromatic heterocycles. The van der Waals surface area contributed by atoms with Crippen LogP contribution in [0.4, 0.5) is 4.48 Å².